The lowest BCUT2D eigenvalue weighted by Crippen LogP contribution is -2.48. The van der Waals surface area contributed by atoms with E-state index < -0.39 is 0 Å². The van der Waals surface area contributed by atoms with Crippen LogP contribution in [0.3, 0.4) is 0 Å². The summed E-state index contributed by atoms with van der Waals surface area (Å²) in [7, 11) is 0. The summed E-state index contributed by atoms with van der Waals surface area (Å²) in [6.07, 6.45) is 3.99. The summed E-state index contributed by atoms with van der Waals surface area (Å²) in [6.45, 7) is 1.48. The van der Waals surface area contributed by atoms with Crippen molar-refractivity contribution >= 4 is 17.7 Å². The van der Waals surface area contributed by atoms with Crippen LogP contribution in [0.2, 0.25) is 0 Å². The normalized spacial score (nSPS) is 49.4. The van der Waals surface area contributed by atoms with Crippen molar-refractivity contribution in [1.82, 2.24) is 0 Å². The van der Waals surface area contributed by atoms with Gasteiger partial charge < -0.3 is 9.47 Å². The Bertz CT molecular complexity index is 260. The molecule has 0 aromatic rings. The maximum absolute atomic E-state index is 11.0. The van der Waals surface area contributed by atoms with Gasteiger partial charge in [-0.1, -0.05) is 0 Å². The molecule has 3 nitrogen and oxygen atoms in total. The van der Waals surface area contributed by atoms with Crippen LogP contribution >= 0.6 is 11.8 Å². The SMILES string of the molecule is CC(=O)OC1C2CCC3SC1CC3O2. The average Bonchev–Trinajstić information content (AvgIpc) is 2.43. The van der Waals surface area contributed by atoms with E-state index in [0.29, 0.717) is 16.6 Å². The van der Waals surface area contributed by atoms with Gasteiger partial charge in [0.1, 0.15) is 6.10 Å². The zero-order valence-corrected chi connectivity index (χ0v) is 8.96. The maximum atomic E-state index is 11.0. The molecule has 3 rings (SSSR count). The van der Waals surface area contributed by atoms with E-state index in [9.17, 15) is 4.79 Å². The molecule has 3 heterocycles. The molecule has 0 radical (unpaired) electrons. The van der Waals surface area contributed by atoms with Crippen LogP contribution in [0.1, 0.15) is 26.2 Å². The van der Waals surface area contributed by atoms with Crippen LogP contribution in [0.25, 0.3) is 0 Å². The maximum Gasteiger partial charge on any atom is 0.303 e. The van der Waals surface area contributed by atoms with E-state index in [-0.39, 0.29) is 18.2 Å². The Labute approximate surface area is 87.5 Å². The highest BCUT2D eigenvalue weighted by Gasteiger charge is 2.52. The Morgan fingerprint density at radius 3 is 3.00 bits per heavy atom. The minimum Gasteiger partial charge on any atom is -0.459 e. The molecule has 5 atom stereocenters. The highest BCUT2D eigenvalue weighted by atomic mass is 32.2. The van der Waals surface area contributed by atoms with Gasteiger partial charge in [-0.15, -0.1) is 11.8 Å². The van der Waals surface area contributed by atoms with E-state index >= 15 is 0 Å². The molecule has 0 aromatic heterocycles. The van der Waals surface area contributed by atoms with Gasteiger partial charge in [-0.25, -0.2) is 0 Å². The molecule has 0 N–H and O–H groups in total. The number of fused-ring (bicyclic) bond motifs is 2. The molecular formula is C10H14O3S. The first-order valence-electron chi connectivity index (χ1n) is 5.22. The van der Waals surface area contributed by atoms with Gasteiger partial charge in [0.15, 0.2) is 0 Å². The van der Waals surface area contributed by atoms with Gasteiger partial charge in [0.2, 0.25) is 0 Å². The van der Waals surface area contributed by atoms with Crippen molar-refractivity contribution in [3.63, 3.8) is 0 Å². The van der Waals surface area contributed by atoms with Crippen LogP contribution in [0.5, 0.6) is 0 Å². The highest BCUT2D eigenvalue weighted by molar-refractivity contribution is 8.00. The van der Waals surface area contributed by atoms with Gasteiger partial charge in [0.05, 0.1) is 12.2 Å². The molecule has 3 bridgehead atoms. The van der Waals surface area contributed by atoms with Crippen molar-refractivity contribution in [3.8, 4) is 0 Å². The zero-order valence-electron chi connectivity index (χ0n) is 8.14. The second-order valence-corrected chi connectivity index (χ2v) is 5.80. The van der Waals surface area contributed by atoms with Gasteiger partial charge in [-0.2, -0.15) is 0 Å². The fourth-order valence-electron chi connectivity index (χ4n) is 2.80. The first-order chi connectivity index (χ1) is 6.74. The first-order valence-corrected chi connectivity index (χ1v) is 6.16. The molecule has 78 valence electrons. The first kappa shape index (κ1) is 9.04. The number of hydrogen-bond acceptors (Lipinski definition) is 4. The largest absolute Gasteiger partial charge is 0.459 e. The van der Waals surface area contributed by atoms with E-state index in [0.717, 1.165) is 12.8 Å². The number of hydrogen-bond donors (Lipinski definition) is 0. The van der Waals surface area contributed by atoms with Crippen LogP contribution in [-0.4, -0.2) is 34.8 Å². The summed E-state index contributed by atoms with van der Waals surface area (Å²) in [6, 6.07) is 0. The average molecular weight is 214 g/mol. The quantitative estimate of drug-likeness (QED) is 0.617. The van der Waals surface area contributed by atoms with Crippen molar-refractivity contribution in [2.24, 2.45) is 0 Å². The van der Waals surface area contributed by atoms with Crippen LogP contribution in [0.4, 0.5) is 0 Å². The Morgan fingerprint density at radius 2 is 2.21 bits per heavy atom. The fraction of sp³-hybridized carbons (Fsp3) is 0.900. The zero-order chi connectivity index (χ0) is 9.71. The van der Waals surface area contributed by atoms with Crippen molar-refractivity contribution < 1.29 is 14.3 Å². The predicted octanol–water partition coefficient (Wildman–Crippen LogP) is 1.35. The third-order valence-corrected chi connectivity index (χ3v) is 5.05. The van der Waals surface area contributed by atoms with Gasteiger partial charge in [-0.3, -0.25) is 4.79 Å². The van der Waals surface area contributed by atoms with E-state index in [1.165, 1.54) is 13.3 Å². The molecule has 0 aliphatic carbocycles. The smallest absolute Gasteiger partial charge is 0.303 e. The second-order valence-electron chi connectivity index (χ2n) is 4.31. The van der Waals surface area contributed by atoms with E-state index in [2.05, 4.69) is 0 Å². The fourth-order valence-corrected chi connectivity index (χ4v) is 4.56. The monoisotopic (exact) mass is 214 g/mol. The standard InChI is InChI=1S/C10H14O3S/c1-5(11)12-10-6-2-3-8-7(13-6)4-9(10)14-8/h6-10H,2-4H2,1H3. The Kier molecular flexibility index (Phi) is 2.02. The van der Waals surface area contributed by atoms with Crippen molar-refractivity contribution in [2.45, 2.75) is 55.0 Å². The molecule has 5 unspecified atom stereocenters. The molecule has 0 spiro atoms. The van der Waals surface area contributed by atoms with Crippen molar-refractivity contribution in [3.05, 3.63) is 0 Å². The Morgan fingerprint density at radius 1 is 1.36 bits per heavy atom. The van der Waals surface area contributed by atoms with Crippen LogP contribution in [-0.2, 0) is 14.3 Å². The summed E-state index contributed by atoms with van der Waals surface area (Å²) in [4.78, 5) is 11.0. The lowest BCUT2D eigenvalue weighted by Gasteiger charge is -2.38. The number of carbonyl (C=O) groups excluding carboxylic acids is 1. The number of esters is 1. The highest BCUT2D eigenvalue weighted by Crippen LogP contribution is 2.50. The predicted molar refractivity (Wildman–Crippen MR) is 53.2 cm³/mol. The summed E-state index contributed by atoms with van der Waals surface area (Å²) >= 11 is 1.97. The molecule has 0 aromatic carbocycles. The number of ether oxygens (including phenoxy) is 2. The van der Waals surface area contributed by atoms with Gasteiger partial charge >= 0.3 is 5.97 Å². The van der Waals surface area contributed by atoms with Crippen molar-refractivity contribution in [2.75, 3.05) is 0 Å². The third-order valence-electron chi connectivity index (χ3n) is 3.35. The van der Waals surface area contributed by atoms with E-state index in [1.807, 2.05) is 11.8 Å². The number of carbonyl (C=O) groups is 1. The molecule has 0 saturated carbocycles. The third kappa shape index (κ3) is 1.27. The molecule has 3 aliphatic rings. The van der Waals surface area contributed by atoms with Gasteiger partial charge in [0, 0.05) is 17.4 Å². The lowest BCUT2D eigenvalue weighted by molar-refractivity contribution is -0.171. The Balaban J connectivity index is 1.81. The number of rotatable bonds is 1. The molecular weight excluding hydrogens is 200 g/mol. The van der Waals surface area contributed by atoms with E-state index in [1.54, 1.807) is 0 Å². The summed E-state index contributed by atoms with van der Waals surface area (Å²) in [5.41, 5.74) is 0. The minimum absolute atomic E-state index is 0.0150. The van der Waals surface area contributed by atoms with Crippen LogP contribution in [0.15, 0.2) is 0 Å². The lowest BCUT2D eigenvalue weighted by atomic mass is 9.90. The molecule has 14 heavy (non-hydrogen) atoms. The summed E-state index contributed by atoms with van der Waals surface area (Å²) in [5, 5.41) is 1.16. The van der Waals surface area contributed by atoms with Crippen molar-refractivity contribution in [1.29, 1.82) is 0 Å². The summed E-state index contributed by atoms with van der Waals surface area (Å²) in [5.74, 6) is -0.173. The van der Waals surface area contributed by atoms with Crippen LogP contribution in [0, 0.1) is 0 Å². The molecule has 3 aliphatic heterocycles. The van der Waals surface area contributed by atoms with Gasteiger partial charge in [0.25, 0.3) is 0 Å². The number of thioether (sulfide) groups is 1. The second kappa shape index (κ2) is 3.14. The minimum atomic E-state index is -0.173. The van der Waals surface area contributed by atoms with Crippen LogP contribution < -0.4 is 0 Å². The molecule has 0 amide bonds. The molecule has 3 fully saturated rings. The van der Waals surface area contributed by atoms with E-state index in [4.69, 9.17) is 9.47 Å². The molecule has 4 heteroatoms. The van der Waals surface area contributed by atoms with Gasteiger partial charge in [-0.05, 0) is 19.3 Å². The summed E-state index contributed by atoms with van der Waals surface area (Å²) < 4.78 is 11.3. The topological polar surface area (TPSA) is 35.5 Å². The Hall–Kier alpha value is -0.220. The molecule has 3 saturated heterocycles.